The molecule has 284 valence electrons. The van der Waals surface area contributed by atoms with E-state index in [0.717, 1.165) is 27.8 Å². The molecule has 14 nitrogen and oxygen atoms in total. The van der Waals surface area contributed by atoms with Gasteiger partial charge < -0.3 is 23.7 Å². The second-order valence-corrected chi connectivity index (χ2v) is 12.7. The van der Waals surface area contributed by atoms with Crippen molar-refractivity contribution in [3.8, 4) is 5.75 Å². The maximum absolute atomic E-state index is 15.1. The lowest BCUT2D eigenvalue weighted by molar-refractivity contribution is -0.148. The van der Waals surface area contributed by atoms with Crippen molar-refractivity contribution in [1.29, 1.82) is 0 Å². The summed E-state index contributed by atoms with van der Waals surface area (Å²) in [7, 11) is 0. The van der Waals surface area contributed by atoms with Crippen LogP contribution in [0.15, 0.2) is 118 Å². The van der Waals surface area contributed by atoms with E-state index in [9.17, 15) is 28.8 Å². The Morgan fingerprint density at radius 3 is 2.24 bits per heavy atom. The smallest absolute Gasteiger partial charge is 0.343 e. The van der Waals surface area contributed by atoms with Gasteiger partial charge >= 0.3 is 17.6 Å². The molecule has 16 heteroatoms. The van der Waals surface area contributed by atoms with E-state index < -0.39 is 58.9 Å². The summed E-state index contributed by atoms with van der Waals surface area (Å²) < 4.78 is 45.2. The zero-order valence-electron chi connectivity index (χ0n) is 29.2. The van der Waals surface area contributed by atoms with Crippen molar-refractivity contribution < 1.29 is 42.5 Å². The van der Waals surface area contributed by atoms with Crippen LogP contribution < -0.4 is 21.5 Å². The molecule has 55 heavy (non-hydrogen) atoms. The Morgan fingerprint density at radius 1 is 0.873 bits per heavy atom. The normalized spacial score (nSPS) is 16.5. The Labute approximate surface area is 316 Å². The standard InChI is InChI=1S/C39H33ClFN3O11/c1-24(45)52-22-33-32(53-21-26-11-6-3-7-12-26)17-35(54-33)43-19-30(41)37(48)44(39(43)50)36(47)27-13-8-14-28(15-27)38(49)55-31-16-34(46)42(18-29(31)40)23-51-20-25-9-4-2-5-10-25/h2-16,18-19,32-33,35H,17,20-23H2,1H3/t32-,33+,35+/m0/s1. The van der Waals surface area contributed by atoms with Crippen molar-refractivity contribution in [2.24, 2.45) is 0 Å². The molecule has 1 aliphatic heterocycles. The molecule has 3 heterocycles. The molecule has 0 aliphatic carbocycles. The highest BCUT2D eigenvalue weighted by Crippen LogP contribution is 2.31. The first-order valence-corrected chi connectivity index (χ1v) is 17.2. The number of pyridine rings is 1. The third kappa shape index (κ3) is 9.39. The zero-order chi connectivity index (χ0) is 39.1. The molecule has 0 saturated carbocycles. The van der Waals surface area contributed by atoms with Crippen molar-refractivity contribution in [1.82, 2.24) is 13.7 Å². The third-order valence-corrected chi connectivity index (χ3v) is 8.74. The van der Waals surface area contributed by atoms with Crippen molar-refractivity contribution >= 4 is 29.4 Å². The number of benzene rings is 3. The maximum atomic E-state index is 15.1. The van der Waals surface area contributed by atoms with Gasteiger partial charge in [-0.15, -0.1) is 0 Å². The highest BCUT2D eigenvalue weighted by Gasteiger charge is 2.39. The van der Waals surface area contributed by atoms with Crippen LogP contribution in [0, 0.1) is 5.82 Å². The predicted molar refractivity (Wildman–Crippen MR) is 193 cm³/mol. The van der Waals surface area contributed by atoms with E-state index >= 15 is 4.39 Å². The molecular weight excluding hydrogens is 741 g/mol. The van der Waals surface area contributed by atoms with Gasteiger partial charge in [-0.2, -0.15) is 8.96 Å². The molecule has 0 radical (unpaired) electrons. The molecule has 6 rings (SSSR count). The summed E-state index contributed by atoms with van der Waals surface area (Å²) in [6, 6.07) is 24.3. The van der Waals surface area contributed by atoms with E-state index in [1.54, 1.807) is 0 Å². The number of ether oxygens (including phenoxy) is 5. The number of aromatic nitrogens is 3. The fraction of sp³-hybridized carbons (Fsp3) is 0.231. The Kier molecular flexibility index (Phi) is 12.3. The maximum Gasteiger partial charge on any atom is 0.343 e. The van der Waals surface area contributed by atoms with Crippen LogP contribution >= 0.6 is 11.6 Å². The van der Waals surface area contributed by atoms with Gasteiger partial charge in [0.25, 0.3) is 17.0 Å². The Morgan fingerprint density at radius 2 is 1.55 bits per heavy atom. The monoisotopic (exact) mass is 773 g/mol. The van der Waals surface area contributed by atoms with E-state index in [0.29, 0.717) is 6.20 Å². The minimum Gasteiger partial charge on any atom is -0.463 e. The lowest BCUT2D eigenvalue weighted by Crippen LogP contribution is -2.46. The minimum absolute atomic E-state index is 0.0281. The summed E-state index contributed by atoms with van der Waals surface area (Å²) in [6.45, 7) is 1.23. The largest absolute Gasteiger partial charge is 0.463 e. The van der Waals surface area contributed by atoms with Crippen molar-refractivity contribution in [3.05, 3.63) is 168 Å². The van der Waals surface area contributed by atoms with Crippen LogP contribution in [0.2, 0.25) is 5.02 Å². The van der Waals surface area contributed by atoms with Gasteiger partial charge in [0.1, 0.15) is 25.7 Å². The summed E-state index contributed by atoms with van der Waals surface area (Å²) in [5, 5.41) is -0.0905. The molecule has 0 N–H and O–H groups in total. The number of esters is 2. The van der Waals surface area contributed by atoms with Crippen LogP contribution in [-0.4, -0.2) is 50.4 Å². The predicted octanol–water partition coefficient (Wildman–Crippen LogP) is 4.48. The van der Waals surface area contributed by atoms with Crippen LogP contribution in [0.4, 0.5) is 4.39 Å². The Bertz CT molecular complexity index is 2380. The van der Waals surface area contributed by atoms with E-state index in [-0.39, 0.29) is 59.4 Å². The van der Waals surface area contributed by atoms with Crippen LogP contribution in [-0.2, 0) is 43.7 Å². The Hall–Kier alpha value is -6.00. The molecule has 0 unspecified atom stereocenters. The quantitative estimate of drug-likeness (QED) is 0.155. The first kappa shape index (κ1) is 38.7. The van der Waals surface area contributed by atoms with Gasteiger partial charge in [-0.25, -0.2) is 9.59 Å². The van der Waals surface area contributed by atoms with E-state index in [1.807, 2.05) is 60.7 Å². The minimum atomic E-state index is -1.54. The molecule has 0 spiro atoms. The lowest BCUT2D eigenvalue weighted by Gasteiger charge is -2.18. The van der Waals surface area contributed by atoms with Gasteiger partial charge in [-0.1, -0.05) is 78.3 Å². The molecule has 0 amide bonds. The van der Waals surface area contributed by atoms with Crippen LogP contribution in [0.3, 0.4) is 0 Å². The number of nitrogens with zero attached hydrogens (tertiary/aromatic N) is 3. The van der Waals surface area contributed by atoms with Crippen LogP contribution in [0.5, 0.6) is 5.75 Å². The number of carbonyl (C=O) groups is 3. The highest BCUT2D eigenvalue weighted by molar-refractivity contribution is 6.32. The number of hydrogen-bond donors (Lipinski definition) is 0. The van der Waals surface area contributed by atoms with Crippen LogP contribution in [0.25, 0.3) is 0 Å². The molecule has 1 fully saturated rings. The van der Waals surface area contributed by atoms with Crippen LogP contribution in [0.1, 0.15) is 51.4 Å². The number of hydrogen-bond acceptors (Lipinski definition) is 11. The highest BCUT2D eigenvalue weighted by atomic mass is 35.5. The average Bonchev–Trinajstić information content (AvgIpc) is 3.59. The first-order chi connectivity index (χ1) is 26.5. The molecule has 3 aromatic carbocycles. The van der Waals surface area contributed by atoms with Gasteiger partial charge in [0.05, 0.1) is 36.1 Å². The fourth-order valence-corrected chi connectivity index (χ4v) is 5.92. The second kappa shape index (κ2) is 17.4. The van der Waals surface area contributed by atoms with Crippen molar-refractivity contribution in [2.75, 3.05) is 6.61 Å². The molecule has 0 bridgehead atoms. The summed E-state index contributed by atoms with van der Waals surface area (Å²) in [6.07, 6.45) is -0.988. The fourth-order valence-electron chi connectivity index (χ4n) is 5.71. The summed E-state index contributed by atoms with van der Waals surface area (Å²) in [5.41, 5.74) is -2.17. The van der Waals surface area contributed by atoms with Gasteiger partial charge in [0, 0.05) is 31.2 Å². The lowest BCUT2D eigenvalue weighted by atomic mass is 10.1. The van der Waals surface area contributed by atoms with E-state index in [2.05, 4.69) is 0 Å². The number of halogens is 2. The molecular formula is C39H33ClFN3O11. The molecule has 1 saturated heterocycles. The van der Waals surface area contributed by atoms with Gasteiger partial charge in [-0.3, -0.25) is 28.3 Å². The van der Waals surface area contributed by atoms with Gasteiger partial charge in [0.2, 0.25) is 5.82 Å². The topological polar surface area (TPSA) is 163 Å². The zero-order valence-corrected chi connectivity index (χ0v) is 29.9. The van der Waals surface area contributed by atoms with Gasteiger partial charge in [0.15, 0.2) is 5.75 Å². The number of carbonyl (C=O) groups excluding carboxylic acids is 3. The average molecular weight is 774 g/mol. The van der Waals surface area contributed by atoms with E-state index in [1.165, 1.54) is 35.9 Å². The van der Waals surface area contributed by atoms with Crippen molar-refractivity contribution in [3.63, 3.8) is 0 Å². The second-order valence-electron chi connectivity index (χ2n) is 12.3. The summed E-state index contributed by atoms with van der Waals surface area (Å²) >= 11 is 6.31. The molecule has 5 aromatic rings. The third-order valence-electron chi connectivity index (χ3n) is 8.46. The van der Waals surface area contributed by atoms with E-state index in [4.69, 9.17) is 35.3 Å². The molecule has 3 atom stereocenters. The van der Waals surface area contributed by atoms with Crippen molar-refractivity contribution in [2.45, 2.75) is 51.7 Å². The summed E-state index contributed by atoms with van der Waals surface area (Å²) in [4.78, 5) is 77.6. The number of rotatable bonds is 13. The van der Waals surface area contributed by atoms with Gasteiger partial charge in [-0.05, 0) is 29.3 Å². The SMILES string of the molecule is CC(=O)OC[C@H]1O[C@@H](n2cc(F)c(=O)n(C(=O)c3cccc(C(=O)Oc4cc(=O)n(COCc5ccccc5)cc4Cl)c3)c2=O)C[C@@H]1OCc1ccccc1. The Balaban J connectivity index is 1.18. The molecule has 2 aromatic heterocycles. The molecule has 1 aliphatic rings. The summed E-state index contributed by atoms with van der Waals surface area (Å²) in [5.74, 6) is -4.57. The first-order valence-electron chi connectivity index (χ1n) is 16.8.